The normalized spacial score (nSPS) is 9.27. The fourth-order valence-corrected chi connectivity index (χ4v) is 0.798. The van der Waals surface area contributed by atoms with Crippen molar-refractivity contribution < 1.29 is 0 Å². The Morgan fingerprint density at radius 2 is 2.18 bits per heavy atom. The van der Waals surface area contributed by atoms with Crippen LogP contribution >= 0.6 is 0 Å². The predicted octanol–water partition coefficient (Wildman–Crippen LogP) is 2.09. The van der Waals surface area contributed by atoms with Gasteiger partial charge < -0.3 is 5.73 Å². The number of allylic oxidation sites excluding steroid dienone is 1. The van der Waals surface area contributed by atoms with E-state index in [9.17, 15) is 0 Å². The zero-order valence-electron chi connectivity index (χ0n) is 6.83. The number of aromatic nitrogens is 1. The molecule has 58 valence electrons. The van der Waals surface area contributed by atoms with Crippen LogP contribution in [0.15, 0.2) is 23.9 Å². The first-order valence-electron chi connectivity index (χ1n) is 3.55. The van der Waals surface area contributed by atoms with E-state index in [0.717, 1.165) is 5.69 Å². The van der Waals surface area contributed by atoms with E-state index < -0.39 is 0 Å². The van der Waals surface area contributed by atoms with Crippen LogP contribution in [-0.2, 0) is 0 Å². The molecule has 0 unspecified atom stereocenters. The highest BCUT2D eigenvalue weighted by atomic mass is 14.7. The van der Waals surface area contributed by atoms with E-state index in [1.807, 2.05) is 32.1 Å². The number of nitrogens with zero attached hydrogens (tertiary/aromatic N) is 1. The second kappa shape index (κ2) is 3.19. The lowest BCUT2D eigenvalue weighted by molar-refractivity contribution is 1.28. The van der Waals surface area contributed by atoms with E-state index in [-0.39, 0.29) is 0 Å². The zero-order valence-corrected chi connectivity index (χ0v) is 6.83. The number of hydrogen-bond acceptors (Lipinski definition) is 2. The maximum atomic E-state index is 5.47. The minimum atomic E-state index is 0.705. The molecule has 1 aromatic rings. The summed E-state index contributed by atoms with van der Waals surface area (Å²) in [6, 6.07) is 3.75. The van der Waals surface area contributed by atoms with Gasteiger partial charge in [-0.1, -0.05) is 5.57 Å². The maximum Gasteiger partial charge on any atom is 0.0630 e. The van der Waals surface area contributed by atoms with Gasteiger partial charge in [0.2, 0.25) is 0 Å². The van der Waals surface area contributed by atoms with Gasteiger partial charge in [0.15, 0.2) is 0 Å². The van der Waals surface area contributed by atoms with Crippen LogP contribution in [-0.4, -0.2) is 4.98 Å². The van der Waals surface area contributed by atoms with Crippen molar-refractivity contribution in [3.8, 4) is 0 Å². The van der Waals surface area contributed by atoms with Gasteiger partial charge in [-0.15, -0.1) is 0 Å². The van der Waals surface area contributed by atoms with Crippen LogP contribution in [0.2, 0.25) is 0 Å². The molecule has 0 aliphatic rings. The Labute approximate surface area is 66.8 Å². The molecule has 0 saturated carbocycles. The van der Waals surface area contributed by atoms with Gasteiger partial charge >= 0.3 is 0 Å². The van der Waals surface area contributed by atoms with E-state index in [1.54, 1.807) is 6.20 Å². The summed E-state index contributed by atoms with van der Waals surface area (Å²) in [4.78, 5) is 4.12. The second-order valence-electron chi connectivity index (χ2n) is 2.74. The van der Waals surface area contributed by atoms with Crippen molar-refractivity contribution >= 4 is 11.8 Å². The molecule has 0 amide bonds. The molecule has 0 spiro atoms. The first kappa shape index (κ1) is 7.79. The summed E-state index contributed by atoms with van der Waals surface area (Å²) in [6.07, 6.45) is 3.67. The molecule has 0 aromatic carbocycles. The average molecular weight is 148 g/mol. The predicted molar refractivity (Wildman–Crippen MR) is 48.0 cm³/mol. The third-order valence-electron chi connectivity index (χ3n) is 1.25. The van der Waals surface area contributed by atoms with E-state index in [2.05, 4.69) is 4.98 Å². The van der Waals surface area contributed by atoms with Gasteiger partial charge in [-0.05, 0) is 32.1 Å². The Kier molecular flexibility index (Phi) is 2.26. The Morgan fingerprint density at radius 1 is 1.45 bits per heavy atom. The summed E-state index contributed by atoms with van der Waals surface area (Å²) in [5.74, 6) is 0. The smallest absolute Gasteiger partial charge is 0.0630 e. The van der Waals surface area contributed by atoms with Crippen LogP contribution in [0.5, 0.6) is 0 Å². The summed E-state index contributed by atoms with van der Waals surface area (Å²) < 4.78 is 0. The molecule has 0 atom stereocenters. The Hall–Kier alpha value is -1.31. The van der Waals surface area contributed by atoms with E-state index >= 15 is 0 Å². The molecule has 2 heteroatoms. The highest BCUT2D eigenvalue weighted by Gasteiger charge is 1.87. The minimum absolute atomic E-state index is 0.705. The molecule has 0 fully saturated rings. The summed E-state index contributed by atoms with van der Waals surface area (Å²) in [5.41, 5.74) is 8.37. The Morgan fingerprint density at radius 3 is 2.64 bits per heavy atom. The van der Waals surface area contributed by atoms with Crippen LogP contribution in [0.25, 0.3) is 6.08 Å². The number of nitrogens with two attached hydrogens (primary N) is 1. The monoisotopic (exact) mass is 148 g/mol. The quantitative estimate of drug-likeness (QED) is 0.662. The van der Waals surface area contributed by atoms with Gasteiger partial charge in [-0.2, -0.15) is 0 Å². The van der Waals surface area contributed by atoms with Gasteiger partial charge in [-0.25, -0.2) is 0 Å². The molecular weight excluding hydrogens is 136 g/mol. The van der Waals surface area contributed by atoms with Crippen LogP contribution in [0.4, 0.5) is 5.69 Å². The molecule has 1 rings (SSSR count). The summed E-state index contributed by atoms with van der Waals surface area (Å²) in [5, 5.41) is 0. The molecular formula is C9H12N2. The lowest BCUT2D eigenvalue weighted by Crippen LogP contribution is -1.86. The van der Waals surface area contributed by atoms with Crippen molar-refractivity contribution in [2.24, 2.45) is 0 Å². The third kappa shape index (κ3) is 2.42. The number of anilines is 1. The fourth-order valence-electron chi connectivity index (χ4n) is 0.798. The van der Waals surface area contributed by atoms with Gasteiger partial charge in [0, 0.05) is 0 Å². The van der Waals surface area contributed by atoms with E-state index in [4.69, 9.17) is 5.73 Å². The number of rotatable bonds is 1. The van der Waals surface area contributed by atoms with Crippen molar-refractivity contribution in [1.82, 2.24) is 4.98 Å². The van der Waals surface area contributed by atoms with Crippen molar-refractivity contribution in [3.05, 3.63) is 29.6 Å². The second-order valence-corrected chi connectivity index (χ2v) is 2.74. The largest absolute Gasteiger partial charge is 0.397 e. The molecule has 0 aliphatic carbocycles. The van der Waals surface area contributed by atoms with Crippen molar-refractivity contribution in [2.75, 3.05) is 5.73 Å². The van der Waals surface area contributed by atoms with Gasteiger partial charge in [0.1, 0.15) is 0 Å². The third-order valence-corrected chi connectivity index (χ3v) is 1.25. The lowest BCUT2D eigenvalue weighted by atomic mass is 10.2. The molecule has 11 heavy (non-hydrogen) atoms. The molecule has 2 N–H and O–H groups in total. The number of pyridine rings is 1. The molecule has 0 bridgehead atoms. The summed E-state index contributed by atoms with van der Waals surface area (Å²) >= 11 is 0. The number of hydrogen-bond donors (Lipinski definition) is 1. The first-order chi connectivity index (χ1) is 5.18. The maximum absolute atomic E-state index is 5.47. The van der Waals surface area contributed by atoms with Crippen LogP contribution in [0.1, 0.15) is 19.5 Å². The van der Waals surface area contributed by atoms with Gasteiger partial charge in [0.05, 0.1) is 17.6 Å². The number of nitrogen functional groups attached to an aromatic ring is 1. The standard InChI is InChI=1S/C9H12N2/c1-7(2)5-9-4-3-8(10)6-11-9/h3-6H,10H2,1-2H3. The van der Waals surface area contributed by atoms with E-state index in [0.29, 0.717) is 5.69 Å². The summed E-state index contributed by atoms with van der Waals surface area (Å²) in [6.45, 7) is 4.08. The minimum Gasteiger partial charge on any atom is -0.397 e. The SMILES string of the molecule is CC(C)=Cc1ccc(N)cn1. The lowest BCUT2D eigenvalue weighted by Gasteiger charge is -1.94. The van der Waals surface area contributed by atoms with Crippen molar-refractivity contribution in [2.45, 2.75) is 13.8 Å². The molecule has 0 radical (unpaired) electrons. The topological polar surface area (TPSA) is 38.9 Å². The highest BCUT2D eigenvalue weighted by Crippen LogP contribution is 2.05. The fraction of sp³-hybridized carbons (Fsp3) is 0.222. The van der Waals surface area contributed by atoms with Gasteiger partial charge in [0.25, 0.3) is 0 Å². The molecule has 1 aromatic heterocycles. The molecule has 2 nitrogen and oxygen atoms in total. The van der Waals surface area contributed by atoms with Crippen LogP contribution < -0.4 is 5.73 Å². The van der Waals surface area contributed by atoms with Crippen molar-refractivity contribution in [1.29, 1.82) is 0 Å². The van der Waals surface area contributed by atoms with Crippen molar-refractivity contribution in [3.63, 3.8) is 0 Å². The van der Waals surface area contributed by atoms with Crippen LogP contribution in [0.3, 0.4) is 0 Å². The zero-order chi connectivity index (χ0) is 8.27. The molecule has 0 saturated heterocycles. The summed E-state index contributed by atoms with van der Waals surface area (Å²) in [7, 11) is 0. The van der Waals surface area contributed by atoms with E-state index in [1.165, 1.54) is 5.57 Å². The van der Waals surface area contributed by atoms with Gasteiger partial charge in [-0.3, -0.25) is 4.98 Å². The highest BCUT2D eigenvalue weighted by molar-refractivity contribution is 5.50. The molecule has 0 aliphatic heterocycles. The van der Waals surface area contributed by atoms with Crippen LogP contribution in [0, 0.1) is 0 Å². The Bertz CT molecular complexity index is 255. The first-order valence-corrected chi connectivity index (χ1v) is 3.55. The molecule has 1 heterocycles. The Balaban J connectivity index is 2.91. The average Bonchev–Trinajstić information content (AvgIpc) is 1.93.